The highest BCUT2D eigenvalue weighted by molar-refractivity contribution is 6.33. The molecule has 21 heavy (non-hydrogen) atoms. The van der Waals surface area contributed by atoms with Crippen LogP contribution in [0.25, 0.3) is 0 Å². The van der Waals surface area contributed by atoms with Crippen molar-refractivity contribution >= 4 is 40.6 Å². The Kier molecular flexibility index (Phi) is 3.50. The number of amides is 3. The molecule has 0 spiro atoms. The molecule has 106 valence electrons. The van der Waals surface area contributed by atoms with E-state index >= 15 is 0 Å². The molecule has 2 aromatic carbocycles. The van der Waals surface area contributed by atoms with Gasteiger partial charge in [0.15, 0.2) is 0 Å². The van der Waals surface area contributed by atoms with Crippen LogP contribution in [0.4, 0.5) is 21.9 Å². The number of hydrogen-bond acceptors (Lipinski definition) is 2. The van der Waals surface area contributed by atoms with Gasteiger partial charge < -0.3 is 10.6 Å². The predicted octanol–water partition coefficient (Wildman–Crippen LogP) is 3.33. The molecule has 2 aromatic rings. The van der Waals surface area contributed by atoms with E-state index in [-0.39, 0.29) is 12.5 Å². The van der Waals surface area contributed by atoms with Gasteiger partial charge in [0.2, 0.25) is 5.91 Å². The highest BCUT2D eigenvalue weighted by Crippen LogP contribution is 2.30. The summed E-state index contributed by atoms with van der Waals surface area (Å²) >= 11 is 6.02. The minimum absolute atomic E-state index is 0.0344. The Morgan fingerprint density at radius 2 is 1.86 bits per heavy atom. The average Bonchev–Trinajstić information content (AvgIpc) is 2.48. The first kappa shape index (κ1) is 13.5. The van der Waals surface area contributed by atoms with Crippen molar-refractivity contribution in [1.29, 1.82) is 0 Å². The van der Waals surface area contributed by atoms with Crippen LogP contribution in [0.15, 0.2) is 48.5 Å². The van der Waals surface area contributed by atoms with Crippen molar-refractivity contribution in [3.63, 3.8) is 0 Å². The molecule has 3 rings (SSSR count). The second-order valence-corrected chi connectivity index (χ2v) is 4.97. The third-order valence-corrected chi connectivity index (χ3v) is 3.46. The van der Waals surface area contributed by atoms with E-state index in [2.05, 4.69) is 10.6 Å². The number of nitrogens with zero attached hydrogens (tertiary/aromatic N) is 1. The second-order valence-electron chi connectivity index (χ2n) is 4.56. The Hall–Kier alpha value is -2.53. The van der Waals surface area contributed by atoms with Gasteiger partial charge in [-0.1, -0.05) is 35.9 Å². The van der Waals surface area contributed by atoms with E-state index in [1.165, 1.54) is 4.90 Å². The number of urea groups is 1. The van der Waals surface area contributed by atoms with Gasteiger partial charge in [-0.15, -0.1) is 0 Å². The summed E-state index contributed by atoms with van der Waals surface area (Å²) in [5, 5.41) is 5.89. The molecule has 0 aromatic heterocycles. The van der Waals surface area contributed by atoms with E-state index in [0.717, 1.165) is 0 Å². The lowest BCUT2D eigenvalue weighted by atomic mass is 10.2. The van der Waals surface area contributed by atoms with E-state index in [1.807, 2.05) is 6.07 Å². The molecule has 0 saturated heterocycles. The molecule has 1 heterocycles. The van der Waals surface area contributed by atoms with E-state index in [4.69, 9.17) is 11.6 Å². The molecule has 0 atom stereocenters. The lowest BCUT2D eigenvalue weighted by Gasteiger charge is -2.29. The zero-order valence-electron chi connectivity index (χ0n) is 11.0. The molecule has 0 unspecified atom stereocenters. The second kappa shape index (κ2) is 5.46. The van der Waals surface area contributed by atoms with Crippen molar-refractivity contribution in [1.82, 2.24) is 0 Å². The largest absolute Gasteiger partial charge is 0.326 e. The fourth-order valence-electron chi connectivity index (χ4n) is 2.16. The summed E-state index contributed by atoms with van der Waals surface area (Å²) in [5.74, 6) is -0.233. The average molecular weight is 302 g/mol. The number of nitrogens with one attached hydrogen (secondary N) is 2. The monoisotopic (exact) mass is 301 g/mol. The predicted molar refractivity (Wildman–Crippen MR) is 82.9 cm³/mol. The van der Waals surface area contributed by atoms with Crippen LogP contribution in [-0.2, 0) is 4.79 Å². The number of anilines is 3. The molecular weight excluding hydrogens is 290 g/mol. The van der Waals surface area contributed by atoms with Crippen molar-refractivity contribution < 1.29 is 9.59 Å². The maximum Gasteiger partial charge on any atom is 0.326 e. The fourth-order valence-corrected chi connectivity index (χ4v) is 2.34. The maximum absolute atomic E-state index is 12.4. The maximum atomic E-state index is 12.4. The van der Waals surface area contributed by atoms with Crippen LogP contribution >= 0.6 is 11.6 Å². The van der Waals surface area contributed by atoms with Crippen LogP contribution in [0.2, 0.25) is 5.02 Å². The molecule has 6 heteroatoms. The van der Waals surface area contributed by atoms with Crippen LogP contribution in [0.5, 0.6) is 0 Å². The fraction of sp³-hybridized carbons (Fsp3) is 0.0667. The van der Waals surface area contributed by atoms with Crippen molar-refractivity contribution in [2.24, 2.45) is 0 Å². The number of carbonyl (C=O) groups excluding carboxylic acids is 2. The summed E-state index contributed by atoms with van der Waals surface area (Å²) in [4.78, 5) is 25.5. The first-order valence-electron chi connectivity index (χ1n) is 6.37. The molecule has 2 N–H and O–H groups in total. The summed E-state index contributed by atoms with van der Waals surface area (Å²) in [5.41, 5.74) is 1.78. The standard InChI is InChI=1S/C15H12ClN3O2/c16-10-5-1-2-6-11(10)18-15(21)19-9-14(20)17-12-7-3-4-8-13(12)19/h1-8H,9H2,(H,17,20)(H,18,21). The van der Waals surface area contributed by atoms with Crippen LogP contribution in [0.1, 0.15) is 0 Å². The topological polar surface area (TPSA) is 61.4 Å². The number of hydrogen-bond donors (Lipinski definition) is 2. The third-order valence-electron chi connectivity index (χ3n) is 3.13. The summed E-state index contributed by atoms with van der Waals surface area (Å²) < 4.78 is 0. The highest BCUT2D eigenvalue weighted by atomic mass is 35.5. The zero-order valence-corrected chi connectivity index (χ0v) is 11.7. The van der Waals surface area contributed by atoms with Crippen LogP contribution in [-0.4, -0.2) is 18.5 Å². The summed E-state index contributed by atoms with van der Waals surface area (Å²) in [7, 11) is 0. The first-order chi connectivity index (χ1) is 10.1. The quantitative estimate of drug-likeness (QED) is 0.848. The summed E-state index contributed by atoms with van der Waals surface area (Å²) in [6.07, 6.45) is 0. The van der Waals surface area contributed by atoms with Gasteiger partial charge in [0.1, 0.15) is 6.54 Å². The lowest BCUT2D eigenvalue weighted by Crippen LogP contribution is -2.44. The van der Waals surface area contributed by atoms with E-state index < -0.39 is 6.03 Å². The number of benzene rings is 2. The van der Waals surface area contributed by atoms with Gasteiger partial charge >= 0.3 is 6.03 Å². The zero-order chi connectivity index (χ0) is 14.8. The van der Waals surface area contributed by atoms with Gasteiger partial charge in [-0.05, 0) is 24.3 Å². The molecule has 3 amide bonds. The minimum atomic E-state index is -0.398. The van der Waals surface area contributed by atoms with Crippen molar-refractivity contribution in [2.45, 2.75) is 0 Å². The summed E-state index contributed by atoms with van der Waals surface area (Å²) in [6, 6.07) is 13.7. The van der Waals surface area contributed by atoms with Gasteiger partial charge in [0.25, 0.3) is 0 Å². The SMILES string of the molecule is O=C1CN(C(=O)Nc2ccccc2Cl)c2ccccc2N1. The first-order valence-corrected chi connectivity index (χ1v) is 6.75. The van der Waals surface area contributed by atoms with E-state index in [9.17, 15) is 9.59 Å². The lowest BCUT2D eigenvalue weighted by molar-refractivity contribution is -0.115. The Bertz CT molecular complexity index is 718. The molecule has 1 aliphatic rings. The van der Waals surface area contributed by atoms with Crippen LogP contribution in [0.3, 0.4) is 0 Å². The minimum Gasteiger partial charge on any atom is -0.323 e. The van der Waals surface area contributed by atoms with Crippen molar-refractivity contribution in [3.05, 3.63) is 53.6 Å². The number of rotatable bonds is 1. The van der Waals surface area contributed by atoms with Gasteiger partial charge in [-0.3, -0.25) is 9.69 Å². The number of halogens is 1. The Morgan fingerprint density at radius 3 is 2.67 bits per heavy atom. The van der Waals surface area contributed by atoms with Gasteiger partial charge in [-0.25, -0.2) is 4.79 Å². The van der Waals surface area contributed by atoms with Crippen LogP contribution < -0.4 is 15.5 Å². The molecule has 0 fully saturated rings. The number of para-hydroxylation sites is 3. The van der Waals surface area contributed by atoms with Crippen molar-refractivity contribution in [3.8, 4) is 0 Å². The van der Waals surface area contributed by atoms with Crippen LogP contribution in [0, 0.1) is 0 Å². The molecule has 0 radical (unpaired) electrons. The smallest absolute Gasteiger partial charge is 0.323 e. The molecule has 0 bridgehead atoms. The molecule has 0 aliphatic carbocycles. The van der Waals surface area contributed by atoms with Gasteiger partial charge in [0, 0.05) is 0 Å². The molecule has 5 nitrogen and oxygen atoms in total. The van der Waals surface area contributed by atoms with Gasteiger partial charge in [-0.2, -0.15) is 0 Å². The van der Waals surface area contributed by atoms with E-state index in [0.29, 0.717) is 22.1 Å². The summed E-state index contributed by atoms with van der Waals surface area (Å²) in [6.45, 7) is -0.0344. The Balaban J connectivity index is 1.88. The normalized spacial score (nSPS) is 13.4. The highest BCUT2D eigenvalue weighted by Gasteiger charge is 2.26. The van der Waals surface area contributed by atoms with Crippen molar-refractivity contribution in [2.75, 3.05) is 22.1 Å². The molecular formula is C15H12ClN3O2. The number of carbonyl (C=O) groups is 2. The Morgan fingerprint density at radius 1 is 1.14 bits per heavy atom. The molecule has 1 aliphatic heterocycles. The third kappa shape index (κ3) is 2.68. The molecule has 0 saturated carbocycles. The van der Waals surface area contributed by atoms with Gasteiger partial charge in [0.05, 0.1) is 22.1 Å². The number of fused-ring (bicyclic) bond motifs is 1. The van der Waals surface area contributed by atoms with E-state index in [1.54, 1.807) is 42.5 Å². The Labute approximate surface area is 126 Å².